The fraction of sp³-hybridized carbons (Fsp3) is 0.500. The minimum absolute atomic E-state index is 0.394. The predicted octanol–water partition coefficient (Wildman–Crippen LogP) is 1.41. The van der Waals surface area contributed by atoms with Crippen molar-refractivity contribution in [1.82, 2.24) is 19.7 Å². The molecule has 7 nitrogen and oxygen atoms in total. The van der Waals surface area contributed by atoms with E-state index in [0.717, 1.165) is 37.6 Å². The van der Waals surface area contributed by atoms with Crippen molar-refractivity contribution in [3.8, 4) is 5.88 Å². The summed E-state index contributed by atoms with van der Waals surface area (Å²) in [6.45, 7) is 3.75. The molecule has 0 aromatic carbocycles. The van der Waals surface area contributed by atoms with E-state index in [0.29, 0.717) is 17.7 Å². The van der Waals surface area contributed by atoms with Crippen LogP contribution in [0.3, 0.4) is 0 Å². The quantitative estimate of drug-likeness (QED) is 0.919. The first-order valence-corrected chi connectivity index (χ1v) is 7.11. The maximum Gasteiger partial charge on any atom is 0.228 e. The number of ether oxygens (including phenoxy) is 1. The highest BCUT2D eigenvalue weighted by Crippen LogP contribution is 2.25. The number of anilines is 2. The molecule has 112 valence electrons. The molecule has 1 saturated heterocycles. The molecule has 0 radical (unpaired) electrons. The number of nitrogen functional groups attached to an aromatic ring is 1. The normalized spacial score (nSPS) is 16.2. The first-order chi connectivity index (χ1) is 10.2. The van der Waals surface area contributed by atoms with Crippen LogP contribution in [0.1, 0.15) is 24.6 Å². The lowest BCUT2D eigenvalue weighted by atomic mass is 10.1. The van der Waals surface area contributed by atoms with E-state index in [1.165, 1.54) is 0 Å². The number of nitrogens with zero attached hydrogens (tertiary/aromatic N) is 5. The Labute approximate surface area is 123 Å². The Bertz CT molecular complexity index is 618. The molecule has 7 heteroatoms. The molecule has 21 heavy (non-hydrogen) atoms. The summed E-state index contributed by atoms with van der Waals surface area (Å²) in [4.78, 5) is 11.1. The molecule has 0 atom stereocenters. The van der Waals surface area contributed by atoms with Crippen LogP contribution in [0.2, 0.25) is 0 Å². The molecule has 0 spiro atoms. The van der Waals surface area contributed by atoms with Gasteiger partial charge < -0.3 is 15.4 Å². The summed E-state index contributed by atoms with van der Waals surface area (Å²) < 4.78 is 7.18. The van der Waals surface area contributed by atoms with Gasteiger partial charge in [0.25, 0.3) is 0 Å². The van der Waals surface area contributed by atoms with Crippen molar-refractivity contribution in [2.75, 3.05) is 30.8 Å². The van der Waals surface area contributed by atoms with Gasteiger partial charge in [0, 0.05) is 31.0 Å². The number of nitrogens with two attached hydrogens (primary N) is 1. The molecule has 0 unspecified atom stereocenters. The fourth-order valence-electron chi connectivity index (χ4n) is 2.66. The van der Waals surface area contributed by atoms with Crippen molar-refractivity contribution in [3.05, 3.63) is 24.0 Å². The number of methoxy groups -OCH3 is 1. The molecule has 1 aliphatic rings. The largest absolute Gasteiger partial charge is 0.481 e. The Morgan fingerprint density at radius 1 is 1.29 bits per heavy atom. The summed E-state index contributed by atoms with van der Waals surface area (Å²) in [5.74, 6) is 1.92. The number of rotatable bonds is 3. The van der Waals surface area contributed by atoms with E-state index in [9.17, 15) is 0 Å². The molecular weight excluding hydrogens is 268 g/mol. The minimum atomic E-state index is 0.394. The van der Waals surface area contributed by atoms with Crippen LogP contribution in [-0.4, -0.2) is 39.9 Å². The molecule has 2 aromatic heterocycles. The number of hydrogen-bond acceptors (Lipinski definition) is 6. The first kappa shape index (κ1) is 13.7. The lowest BCUT2D eigenvalue weighted by Gasteiger charge is -2.32. The highest BCUT2D eigenvalue weighted by atomic mass is 16.5. The number of hydrogen-bond donors (Lipinski definition) is 1. The van der Waals surface area contributed by atoms with Gasteiger partial charge in [0.1, 0.15) is 5.82 Å². The smallest absolute Gasteiger partial charge is 0.228 e. The average molecular weight is 288 g/mol. The second-order valence-corrected chi connectivity index (χ2v) is 5.29. The van der Waals surface area contributed by atoms with Gasteiger partial charge in [0.2, 0.25) is 11.8 Å². The van der Waals surface area contributed by atoms with Gasteiger partial charge in [-0.15, -0.1) is 0 Å². The molecule has 0 saturated carbocycles. The molecule has 0 amide bonds. The third-order valence-electron chi connectivity index (χ3n) is 3.78. The lowest BCUT2D eigenvalue weighted by molar-refractivity contribution is 0.362. The van der Waals surface area contributed by atoms with Gasteiger partial charge >= 0.3 is 0 Å². The van der Waals surface area contributed by atoms with Gasteiger partial charge in [0.05, 0.1) is 13.2 Å². The standard InChI is InChI=1S/C14H20N6O/c1-10-9-13(21-2)17-14(16-10)19-6-3-11(4-7-19)20-8-5-12(15)18-20/h5,8-9,11H,3-4,6-7H2,1-2H3,(H2,15,18). The summed E-state index contributed by atoms with van der Waals surface area (Å²) >= 11 is 0. The van der Waals surface area contributed by atoms with E-state index in [-0.39, 0.29) is 0 Å². The van der Waals surface area contributed by atoms with E-state index in [4.69, 9.17) is 10.5 Å². The van der Waals surface area contributed by atoms with E-state index in [2.05, 4.69) is 20.0 Å². The molecule has 1 fully saturated rings. The Morgan fingerprint density at radius 2 is 2.05 bits per heavy atom. The third-order valence-corrected chi connectivity index (χ3v) is 3.78. The molecule has 0 bridgehead atoms. The zero-order chi connectivity index (χ0) is 14.8. The summed E-state index contributed by atoms with van der Waals surface area (Å²) in [5, 5.41) is 4.30. The Balaban J connectivity index is 1.69. The van der Waals surface area contributed by atoms with Gasteiger partial charge in [-0.2, -0.15) is 10.1 Å². The Hall–Kier alpha value is -2.31. The van der Waals surface area contributed by atoms with Crippen LogP contribution < -0.4 is 15.4 Å². The lowest BCUT2D eigenvalue weighted by Crippen LogP contribution is -2.36. The van der Waals surface area contributed by atoms with Crippen LogP contribution in [0, 0.1) is 6.92 Å². The highest BCUT2D eigenvalue weighted by Gasteiger charge is 2.23. The van der Waals surface area contributed by atoms with Gasteiger partial charge in [0.15, 0.2) is 0 Å². The SMILES string of the molecule is COc1cc(C)nc(N2CCC(n3ccc(N)n3)CC2)n1. The Morgan fingerprint density at radius 3 is 2.67 bits per heavy atom. The molecule has 2 N–H and O–H groups in total. The maximum atomic E-state index is 5.68. The summed E-state index contributed by atoms with van der Waals surface area (Å²) in [5.41, 5.74) is 6.59. The fourth-order valence-corrected chi connectivity index (χ4v) is 2.66. The van der Waals surface area contributed by atoms with Gasteiger partial charge in [-0.05, 0) is 25.8 Å². The average Bonchev–Trinajstić information content (AvgIpc) is 2.93. The van der Waals surface area contributed by atoms with Crippen molar-refractivity contribution in [2.24, 2.45) is 0 Å². The van der Waals surface area contributed by atoms with Crippen molar-refractivity contribution in [3.63, 3.8) is 0 Å². The third kappa shape index (κ3) is 2.91. The second kappa shape index (κ2) is 5.59. The minimum Gasteiger partial charge on any atom is -0.481 e. The molecule has 0 aliphatic carbocycles. The monoisotopic (exact) mass is 288 g/mol. The van der Waals surface area contributed by atoms with E-state index >= 15 is 0 Å². The zero-order valence-corrected chi connectivity index (χ0v) is 12.4. The predicted molar refractivity (Wildman–Crippen MR) is 80.4 cm³/mol. The van der Waals surface area contributed by atoms with Crippen LogP contribution in [0.5, 0.6) is 5.88 Å². The number of piperidine rings is 1. The maximum absolute atomic E-state index is 5.68. The van der Waals surface area contributed by atoms with Crippen molar-refractivity contribution in [1.29, 1.82) is 0 Å². The molecule has 2 aromatic rings. The van der Waals surface area contributed by atoms with Crippen LogP contribution >= 0.6 is 0 Å². The molecular formula is C14H20N6O. The topological polar surface area (TPSA) is 82.1 Å². The van der Waals surface area contributed by atoms with E-state index in [1.54, 1.807) is 7.11 Å². The van der Waals surface area contributed by atoms with Crippen molar-refractivity contribution in [2.45, 2.75) is 25.8 Å². The second-order valence-electron chi connectivity index (χ2n) is 5.29. The summed E-state index contributed by atoms with van der Waals surface area (Å²) in [6, 6.07) is 4.06. The van der Waals surface area contributed by atoms with Crippen LogP contribution in [-0.2, 0) is 0 Å². The molecule has 1 aliphatic heterocycles. The Kier molecular flexibility index (Phi) is 3.64. The van der Waals surface area contributed by atoms with Crippen molar-refractivity contribution >= 4 is 11.8 Å². The molecule has 3 rings (SSSR count). The van der Waals surface area contributed by atoms with Crippen LogP contribution in [0.15, 0.2) is 18.3 Å². The number of aryl methyl sites for hydroxylation is 1. The highest BCUT2D eigenvalue weighted by molar-refractivity contribution is 5.35. The van der Waals surface area contributed by atoms with E-state index in [1.807, 2.05) is 29.9 Å². The van der Waals surface area contributed by atoms with Gasteiger partial charge in [-0.3, -0.25) is 4.68 Å². The van der Waals surface area contributed by atoms with E-state index < -0.39 is 0 Å². The summed E-state index contributed by atoms with van der Waals surface area (Å²) in [7, 11) is 1.62. The van der Waals surface area contributed by atoms with Gasteiger partial charge in [-0.25, -0.2) is 4.98 Å². The van der Waals surface area contributed by atoms with Gasteiger partial charge in [-0.1, -0.05) is 0 Å². The first-order valence-electron chi connectivity index (χ1n) is 7.11. The summed E-state index contributed by atoms with van der Waals surface area (Å²) in [6.07, 6.45) is 3.95. The van der Waals surface area contributed by atoms with Crippen LogP contribution in [0.4, 0.5) is 11.8 Å². The molecule has 3 heterocycles. The number of aromatic nitrogens is 4. The zero-order valence-electron chi connectivity index (χ0n) is 12.4. The van der Waals surface area contributed by atoms with Crippen molar-refractivity contribution < 1.29 is 4.74 Å². The van der Waals surface area contributed by atoms with Crippen LogP contribution in [0.25, 0.3) is 0 Å².